The highest BCUT2D eigenvalue weighted by Crippen LogP contribution is 2.33. The van der Waals surface area contributed by atoms with Gasteiger partial charge in [-0.2, -0.15) is 13.2 Å². The van der Waals surface area contributed by atoms with Gasteiger partial charge in [-0.15, -0.1) is 0 Å². The van der Waals surface area contributed by atoms with Gasteiger partial charge in [-0.25, -0.2) is 4.79 Å². The first-order valence-electron chi connectivity index (χ1n) is 7.67. The van der Waals surface area contributed by atoms with Crippen LogP contribution in [-0.2, 0) is 6.18 Å². The minimum Gasteiger partial charge on any atom is -0.478 e. The van der Waals surface area contributed by atoms with Crippen LogP contribution >= 0.6 is 11.6 Å². The monoisotopic (exact) mass is 392 g/mol. The molecule has 2 N–H and O–H groups in total. The molecule has 0 aliphatic carbocycles. The van der Waals surface area contributed by atoms with Crippen LogP contribution in [0.4, 0.5) is 24.5 Å². The maximum absolute atomic E-state index is 12.7. The van der Waals surface area contributed by atoms with Crippen LogP contribution in [0.1, 0.15) is 15.9 Å². The summed E-state index contributed by atoms with van der Waals surface area (Å²) in [4.78, 5) is 15.5. The molecule has 1 aromatic heterocycles. The van der Waals surface area contributed by atoms with Crippen molar-refractivity contribution in [3.8, 4) is 11.3 Å². The summed E-state index contributed by atoms with van der Waals surface area (Å²) in [5, 5.41) is 12.6. The van der Waals surface area contributed by atoms with Crippen LogP contribution in [0.5, 0.6) is 0 Å². The Morgan fingerprint density at radius 2 is 1.74 bits per heavy atom. The summed E-state index contributed by atoms with van der Waals surface area (Å²) in [7, 11) is 0. The van der Waals surface area contributed by atoms with E-state index in [9.17, 15) is 23.1 Å². The van der Waals surface area contributed by atoms with E-state index in [-0.39, 0.29) is 5.56 Å². The van der Waals surface area contributed by atoms with Crippen LogP contribution in [0.2, 0.25) is 5.02 Å². The van der Waals surface area contributed by atoms with Crippen molar-refractivity contribution in [1.29, 1.82) is 0 Å². The summed E-state index contributed by atoms with van der Waals surface area (Å²) >= 11 is 5.84. The summed E-state index contributed by atoms with van der Waals surface area (Å²) in [5.74, 6) is -1.11. The molecule has 3 aromatic rings. The molecule has 2 aromatic carbocycles. The van der Waals surface area contributed by atoms with E-state index >= 15 is 0 Å². The van der Waals surface area contributed by atoms with Crippen molar-refractivity contribution in [3.05, 3.63) is 76.9 Å². The second-order valence-corrected chi connectivity index (χ2v) is 6.06. The standard InChI is InChI=1S/C19H12ClF3N2O2/c20-13-4-8-16(24-10-13)15-9-11(18(26)27)1-7-17(15)25-14-5-2-12(3-6-14)19(21,22)23/h1-10,25H,(H,26,27). The maximum Gasteiger partial charge on any atom is 0.416 e. The van der Waals surface area contributed by atoms with Crippen molar-refractivity contribution in [1.82, 2.24) is 4.98 Å². The predicted molar refractivity (Wildman–Crippen MR) is 96.4 cm³/mol. The zero-order chi connectivity index (χ0) is 19.6. The van der Waals surface area contributed by atoms with Crippen molar-refractivity contribution in [3.63, 3.8) is 0 Å². The van der Waals surface area contributed by atoms with E-state index in [4.69, 9.17) is 11.6 Å². The van der Waals surface area contributed by atoms with Crippen LogP contribution in [0.25, 0.3) is 11.3 Å². The number of benzene rings is 2. The third kappa shape index (κ3) is 4.38. The molecule has 0 aliphatic heterocycles. The third-order valence-electron chi connectivity index (χ3n) is 3.76. The number of halogens is 4. The van der Waals surface area contributed by atoms with Crippen LogP contribution in [0.3, 0.4) is 0 Å². The molecule has 0 saturated carbocycles. The molecule has 0 bridgehead atoms. The number of carbonyl (C=O) groups is 1. The molecule has 0 fully saturated rings. The molecule has 0 radical (unpaired) electrons. The average molecular weight is 393 g/mol. The van der Waals surface area contributed by atoms with Crippen molar-refractivity contribution < 1.29 is 23.1 Å². The zero-order valence-corrected chi connectivity index (χ0v) is 14.3. The van der Waals surface area contributed by atoms with Crippen LogP contribution < -0.4 is 5.32 Å². The Morgan fingerprint density at radius 3 is 2.30 bits per heavy atom. The summed E-state index contributed by atoms with van der Waals surface area (Å²) < 4.78 is 38.1. The zero-order valence-electron chi connectivity index (χ0n) is 13.6. The SMILES string of the molecule is O=C(O)c1ccc(Nc2ccc(C(F)(F)F)cc2)c(-c2ccc(Cl)cn2)c1. The molecule has 0 unspecified atom stereocenters. The number of hydrogen-bond donors (Lipinski definition) is 2. The number of alkyl halides is 3. The van der Waals surface area contributed by atoms with Gasteiger partial charge in [-0.05, 0) is 54.6 Å². The number of rotatable bonds is 4. The number of anilines is 2. The fourth-order valence-electron chi connectivity index (χ4n) is 2.43. The Balaban J connectivity index is 1.99. The number of hydrogen-bond acceptors (Lipinski definition) is 3. The number of pyridine rings is 1. The summed E-state index contributed by atoms with van der Waals surface area (Å²) in [6, 6.07) is 12.1. The Labute approximate surface area is 157 Å². The van der Waals surface area contributed by atoms with E-state index in [1.54, 1.807) is 12.1 Å². The first kappa shape index (κ1) is 18.7. The van der Waals surface area contributed by atoms with Crippen LogP contribution in [0.15, 0.2) is 60.8 Å². The van der Waals surface area contributed by atoms with E-state index in [1.807, 2.05) is 0 Å². The topological polar surface area (TPSA) is 62.2 Å². The maximum atomic E-state index is 12.7. The Kier molecular flexibility index (Phi) is 5.05. The first-order valence-corrected chi connectivity index (χ1v) is 8.05. The molecule has 0 atom stereocenters. The summed E-state index contributed by atoms with van der Waals surface area (Å²) in [6.45, 7) is 0. The molecule has 0 amide bonds. The lowest BCUT2D eigenvalue weighted by Crippen LogP contribution is -2.04. The van der Waals surface area contributed by atoms with Crippen LogP contribution in [0, 0.1) is 0 Å². The van der Waals surface area contributed by atoms with Crippen molar-refractivity contribution in [2.45, 2.75) is 6.18 Å². The molecule has 1 heterocycles. The molecular formula is C19H12ClF3N2O2. The molecule has 8 heteroatoms. The van der Waals surface area contributed by atoms with Crippen LogP contribution in [-0.4, -0.2) is 16.1 Å². The van der Waals surface area contributed by atoms with Gasteiger partial charge in [0.15, 0.2) is 0 Å². The van der Waals surface area contributed by atoms with Gasteiger partial charge >= 0.3 is 12.1 Å². The second-order valence-electron chi connectivity index (χ2n) is 5.63. The van der Waals surface area contributed by atoms with E-state index in [2.05, 4.69) is 10.3 Å². The lowest BCUT2D eigenvalue weighted by molar-refractivity contribution is -0.137. The van der Waals surface area contributed by atoms with Gasteiger partial charge < -0.3 is 10.4 Å². The lowest BCUT2D eigenvalue weighted by atomic mass is 10.0. The number of aromatic nitrogens is 1. The minimum absolute atomic E-state index is 0.0553. The van der Waals surface area contributed by atoms with Gasteiger partial charge in [-0.3, -0.25) is 4.98 Å². The van der Waals surface area contributed by atoms with E-state index in [1.165, 1.54) is 36.5 Å². The Bertz CT molecular complexity index is 972. The van der Waals surface area contributed by atoms with Crippen molar-refractivity contribution in [2.24, 2.45) is 0 Å². The molecule has 3 rings (SSSR count). The fourth-order valence-corrected chi connectivity index (χ4v) is 2.54. The second kappa shape index (κ2) is 7.28. The number of nitrogens with zero attached hydrogens (tertiary/aromatic N) is 1. The molecule has 138 valence electrons. The first-order chi connectivity index (χ1) is 12.7. The molecular weight excluding hydrogens is 381 g/mol. The summed E-state index contributed by atoms with van der Waals surface area (Å²) in [6.07, 6.45) is -2.99. The smallest absolute Gasteiger partial charge is 0.416 e. The molecule has 4 nitrogen and oxygen atoms in total. The normalized spacial score (nSPS) is 11.3. The number of carboxylic acid groups (broad SMARTS) is 1. The van der Waals surface area contributed by atoms with E-state index in [0.717, 1.165) is 12.1 Å². The van der Waals surface area contributed by atoms with Crippen molar-refractivity contribution >= 4 is 28.9 Å². The highest BCUT2D eigenvalue weighted by molar-refractivity contribution is 6.30. The van der Waals surface area contributed by atoms with Gasteiger partial charge in [0.2, 0.25) is 0 Å². The minimum atomic E-state index is -4.42. The van der Waals surface area contributed by atoms with Gasteiger partial charge in [0, 0.05) is 23.1 Å². The third-order valence-corrected chi connectivity index (χ3v) is 3.98. The average Bonchev–Trinajstić information content (AvgIpc) is 2.62. The quantitative estimate of drug-likeness (QED) is 0.583. The van der Waals surface area contributed by atoms with Crippen molar-refractivity contribution in [2.75, 3.05) is 5.32 Å². The largest absolute Gasteiger partial charge is 0.478 e. The number of carboxylic acids is 1. The van der Waals surface area contributed by atoms with Gasteiger partial charge in [0.05, 0.1) is 21.8 Å². The highest BCUT2D eigenvalue weighted by Gasteiger charge is 2.29. The Morgan fingerprint density at radius 1 is 1.04 bits per heavy atom. The number of aromatic carboxylic acids is 1. The number of nitrogens with one attached hydrogen (secondary N) is 1. The van der Waals surface area contributed by atoms with E-state index < -0.39 is 17.7 Å². The molecule has 0 aliphatic rings. The van der Waals surface area contributed by atoms with E-state index in [0.29, 0.717) is 27.7 Å². The lowest BCUT2D eigenvalue weighted by Gasteiger charge is -2.14. The van der Waals surface area contributed by atoms with Gasteiger partial charge in [-0.1, -0.05) is 11.6 Å². The molecule has 0 saturated heterocycles. The fraction of sp³-hybridized carbons (Fsp3) is 0.0526. The molecule has 27 heavy (non-hydrogen) atoms. The summed E-state index contributed by atoms with van der Waals surface area (Å²) in [5.41, 5.74) is 1.16. The predicted octanol–water partition coefficient (Wildman–Crippen LogP) is 5.86. The highest BCUT2D eigenvalue weighted by atomic mass is 35.5. The Hall–Kier alpha value is -3.06. The van der Waals surface area contributed by atoms with Gasteiger partial charge in [0.1, 0.15) is 0 Å². The molecule has 0 spiro atoms. The van der Waals surface area contributed by atoms with Gasteiger partial charge in [0.25, 0.3) is 0 Å².